The van der Waals surface area contributed by atoms with Crippen LogP contribution in [0.1, 0.15) is 189 Å². The molecule has 0 spiro atoms. The third-order valence-electron chi connectivity index (χ3n) is 9.87. The Morgan fingerprint density at radius 1 is 0.438 bits per heavy atom. The predicted molar refractivity (Wildman–Crippen MR) is 200 cm³/mol. The van der Waals surface area contributed by atoms with Gasteiger partial charge in [0.15, 0.2) is 0 Å². The molecule has 0 saturated carbocycles. The number of unbranched alkanes of at least 4 members (excludes halogenated alkanes) is 15. The summed E-state index contributed by atoms with van der Waals surface area (Å²) in [5.41, 5.74) is 0. The third kappa shape index (κ3) is 21.8. The smallest absolute Gasteiger partial charge is 0.115 e. The molecule has 0 bridgehead atoms. The minimum atomic E-state index is -0.712. The maximum absolute atomic E-state index is 10.9. The van der Waals surface area contributed by atoms with Crippen LogP contribution in [0.15, 0.2) is 0 Å². The van der Waals surface area contributed by atoms with Gasteiger partial charge in [0.1, 0.15) is 24.4 Å². The molecule has 1 fully saturated rings. The highest BCUT2D eigenvalue weighted by Gasteiger charge is 2.47. The first-order chi connectivity index (χ1) is 23.5. The predicted octanol–water partition coefficient (Wildman–Crippen LogP) is 10.1. The number of rotatable bonds is 35. The lowest BCUT2D eigenvalue weighted by Crippen LogP contribution is -2.61. The molecule has 7 heteroatoms. The number of aliphatic hydroxyl groups excluding tert-OH is 2. The monoisotopic (exact) mass is 687 g/mol. The van der Waals surface area contributed by atoms with Gasteiger partial charge in [0.25, 0.3) is 0 Å². The second-order valence-electron chi connectivity index (χ2n) is 14.5. The molecule has 288 valence electrons. The van der Waals surface area contributed by atoms with E-state index in [9.17, 15) is 10.2 Å². The Morgan fingerprint density at radius 3 is 1.33 bits per heavy atom. The van der Waals surface area contributed by atoms with Crippen molar-refractivity contribution >= 4 is 0 Å². The second kappa shape index (κ2) is 32.6. The lowest BCUT2D eigenvalue weighted by Gasteiger charge is -2.46. The maximum Gasteiger partial charge on any atom is 0.115 e. The molecule has 0 amide bonds. The van der Waals surface area contributed by atoms with Gasteiger partial charge in [-0.3, -0.25) is 0 Å². The van der Waals surface area contributed by atoms with Crippen LogP contribution in [0.4, 0.5) is 0 Å². The van der Waals surface area contributed by atoms with E-state index in [1.165, 1.54) is 64.2 Å². The third-order valence-corrected chi connectivity index (χ3v) is 9.87. The summed E-state index contributed by atoms with van der Waals surface area (Å²) >= 11 is 0. The molecule has 0 radical (unpaired) electrons. The van der Waals surface area contributed by atoms with Gasteiger partial charge in [-0.1, -0.05) is 137 Å². The largest absolute Gasteiger partial charge is 0.390 e. The standard InChI is InChI=1S/C41H82O7/c1-6-11-16-17-18-19-20-21-22-23-24-25-27-35(42)36(43)28-26-29-37-39(45-31-13-8-3)41(47-33-15-10-5)40(46-32-14-9-4)38(48-37)34-44-30-12-7-2/h35-43H,6-34H2,1-5H3/t35-,36+,37-,38-,39+,40+,41-/m1/s1. The Morgan fingerprint density at radius 2 is 0.833 bits per heavy atom. The molecule has 7 atom stereocenters. The number of aliphatic hydroxyl groups is 2. The van der Waals surface area contributed by atoms with Crippen molar-refractivity contribution in [3.63, 3.8) is 0 Å². The molecule has 7 nitrogen and oxygen atoms in total. The first-order valence-electron chi connectivity index (χ1n) is 21.0. The van der Waals surface area contributed by atoms with Crippen molar-refractivity contribution in [2.45, 2.75) is 231 Å². The minimum absolute atomic E-state index is 0.181. The molecule has 2 N–H and O–H groups in total. The molecule has 0 aromatic carbocycles. The second-order valence-corrected chi connectivity index (χ2v) is 14.5. The lowest BCUT2D eigenvalue weighted by atomic mass is 9.90. The molecule has 0 aliphatic carbocycles. The van der Waals surface area contributed by atoms with Crippen LogP contribution in [0.5, 0.6) is 0 Å². The summed E-state index contributed by atoms with van der Waals surface area (Å²) in [7, 11) is 0. The van der Waals surface area contributed by atoms with Crippen molar-refractivity contribution in [3.05, 3.63) is 0 Å². The van der Waals surface area contributed by atoms with Crippen molar-refractivity contribution in [3.8, 4) is 0 Å². The minimum Gasteiger partial charge on any atom is -0.390 e. The van der Waals surface area contributed by atoms with Gasteiger partial charge in [-0.2, -0.15) is 0 Å². The van der Waals surface area contributed by atoms with Crippen LogP contribution in [0, 0.1) is 0 Å². The van der Waals surface area contributed by atoms with E-state index < -0.39 is 12.2 Å². The van der Waals surface area contributed by atoms with Crippen molar-refractivity contribution in [2.75, 3.05) is 33.0 Å². The molecule has 1 saturated heterocycles. The molecule has 1 heterocycles. The molecule has 48 heavy (non-hydrogen) atoms. The van der Waals surface area contributed by atoms with E-state index in [1.54, 1.807) is 0 Å². The number of ether oxygens (including phenoxy) is 5. The highest BCUT2D eigenvalue weighted by molar-refractivity contribution is 4.96. The molecule has 1 aliphatic heterocycles. The van der Waals surface area contributed by atoms with Crippen molar-refractivity contribution in [2.24, 2.45) is 0 Å². The first kappa shape index (κ1) is 45.7. The van der Waals surface area contributed by atoms with Crippen molar-refractivity contribution in [1.82, 2.24) is 0 Å². The summed E-state index contributed by atoms with van der Waals surface area (Å²) in [5.74, 6) is 0. The molecule has 0 unspecified atom stereocenters. The lowest BCUT2D eigenvalue weighted by molar-refractivity contribution is -0.267. The Hall–Kier alpha value is -0.280. The molecular weight excluding hydrogens is 604 g/mol. The van der Waals surface area contributed by atoms with Gasteiger partial charge in [-0.25, -0.2) is 0 Å². The summed E-state index contributed by atoms with van der Waals surface area (Å²) in [4.78, 5) is 0. The topological polar surface area (TPSA) is 86.6 Å². The summed E-state index contributed by atoms with van der Waals surface area (Å²) in [6, 6.07) is 0. The first-order valence-corrected chi connectivity index (χ1v) is 21.0. The Balaban J connectivity index is 2.67. The Bertz CT molecular complexity index is 665. The van der Waals surface area contributed by atoms with Gasteiger partial charge >= 0.3 is 0 Å². The molecule has 0 aromatic rings. The van der Waals surface area contributed by atoms with Crippen LogP contribution in [-0.2, 0) is 23.7 Å². The number of hydrogen-bond acceptors (Lipinski definition) is 7. The zero-order valence-electron chi connectivity index (χ0n) is 32.5. The fourth-order valence-electron chi connectivity index (χ4n) is 6.59. The average molecular weight is 687 g/mol. The highest BCUT2D eigenvalue weighted by Crippen LogP contribution is 2.32. The van der Waals surface area contributed by atoms with Gasteiger partial charge in [0.2, 0.25) is 0 Å². The average Bonchev–Trinajstić information content (AvgIpc) is 3.09. The van der Waals surface area contributed by atoms with Gasteiger partial charge in [-0.05, 0) is 51.4 Å². The molecule has 1 rings (SSSR count). The van der Waals surface area contributed by atoms with E-state index in [-0.39, 0.29) is 30.5 Å². The summed E-state index contributed by atoms with van der Waals surface area (Å²) < 4.78 is 32.5. The van der Waals surface area contributed by atoms with E-state index in [0.717, 1.165) is 77.0 Å². The van der Waals surface area contributed by atoms with Crippen LogP contribution < -0.4 is 0 Å². The van der Waals surface area contributed by atoms with E-state index in [1.807, 2.05) is 0 Å². The SMILES string of the molecule is CCCCCCCCCCCCCC[C@@H](O)[C@@H](O)CCC[C@H]1O[C@H](COCCCC)[C@H](OCCCC)[C@H](OCCCC)[C@H]1OCCCC. The zero-order valence-corrected chi connectivity index (χ0v) is 32.5. The van der Waals surface area contributed by atoms with Gasteiger partial charge in [0.05, 0.1) is 24.9 Å². The van der Waals surface area contributed by atoms with E-state index in [4.69, 9.17) is 23.7 Å². The molecule has 1 aliphatic rings. The number of hydrogen-bond donors (Lipinski definition) is 2. The van der Waals surface area contributed by atoms with Crippen LogP contribution in [-0.4, -0.2) is 86.0 Å². The van der Waals surface area contributed by atoms with Gasteiger partial charge in [0, 0.05) is 26.4 Å². The van der Waals surface area contributed by atoms with Crippen molar-refractivity contribution < 1.29 is 33.9 Å². The van der Waals surface area contributed by atoms with E-state index >= 15 is 0 Å². The molecule has 0 aromatic heterocycles. The van der Waals surface area contributed by atoms with Gasteiger partial charge in [-0.15, -0.1) is 0 Å². The quantitative estimate of drug-likeness (QED) is 0.0642. The van der Waals surface area contributed by atoms with Crippen LogP contribution in [0.2, 0.25) is 0 Å². The van der Waals surface area contributed by atoms with Crippen molar-refractivity contribution in [1.29, 1.82) is 0 Å². The normalized spacial score (nSPS) is 22.7. The fourth-order valence-corrected chi connectivity index (χ4v) is 6.59. The Labute approximate surface area is 297 Å². The summed E-state index contributed by atoms with van der Waals surface area (Å²) in [5, 5.41) is 21.6. The van der Waals surface area contributed by atoms with Crippen LogP contribution in [0.3, 0.4) is 0 Å². The van der Waals surface area contributed by atoms with E-state index in [0.29, 0.717) is 45.9 Å². The zero-order chi connectivity index (χ0) is 35.1. The Kier molecular flexibility index (Phi) is 31.1. The van der Waals surface area contributed by atoms with Crippen LogP contribution >= 0.6 is 0 Å². The summed E-state index contributed by atoms with van der Waals surface area (Å²) in [6.07, 6.45) is 24.0. The highest BCUT2D eigenvalue weighted by atomic mass is 16.6. The molecular formula is C41H82O7. The fraction of sp³-hybridized carbons (Fsp3) is 1.00. The van der Waals surface area contributed by atoms with Gasteiger partial charge < -0.3 is 33.9 Å². The van der Waals surface area contributed by atoms with Crippen LogP contribution in [0.25, 0.3) is 0 Å². The maximum atomic E-state index is 10.9. The summed E-state index contributed by atoms with van der Waals surface area (Å²) in [6.45, 7) is 14.2. The van der Waals surface area contributed by atoms with E-state index in [2.05, 4.69) is 34.6 Å².